The summed E-state index contributed by atoms with van der Waals surface area (Å²) in [7, 11) is 0. The van der Waals surface area contributed by atoms with E-state index in [1.54, 1.807) is 4.68 Å². The molecule has 7 nitrogen and oxygen atoms in total. The van der Waals surface area contributed by atoms with E-state index in [1.165, 1.54) is 0 Å². The molecular formula is C15H19N5O2. The van der Waals surface area contributed by atoms with E-state index in [9.17, 15) is 0 Å². The van der Waals surface area contributed by atoms with E-state index in [-0.39, 0.29) is 5.60 Å². The lowest BCUT2D eigenvalue weighted by atomic mass is 9.92. The molecule has 0 bridgehead atoms. The molecule has 0 saturated carbocycles. The molecule has 116 valence electrons. The summed E-state index contributed by atoms with van der Waals surface area (Å²) in [6.07, 6.45) is 1.85. The van der Waals surface area contributed by atoms with Crippen molar-refractivity contribution in [2.75, 3.05) is 37.8 Å². The summed E-state index contributed by atoms with van der Waals surface area (Å²) < 4.78 is 13.3. The predicted octanol–water partition coefficient (Wildman–Crippen LogP) is 1.05. The Hall–Kier alpha value is -1.99. The summed E-state index contributed by atoms with van der Waals surface area (Å²) in [6, 6.07) is 9.97. The van der Waals surface area contributed by atoms with Crippen molar-refractivity contribution in [2.45, 2.75) is 18.4 Å². The van der Waals surface area contributed by atoms with Crippen LogP contribution >= 0.6 is 0 Å². The zero-order chi connectivity index (χ0) is 14.8. The molecule has 2 aliphatic heterocycles. The van der Waals surface area contributed by atoms with E-state index in [4.69, 9.17) is 9.47 Å². The third kappa shape index (κ3) is 2.46. The van der Waals surface area contributed by atoms with E-state index < -0.39 is 0 Å². The molecule has 4 rings (SSSR count). The van der Waals surface area contributed by atoms with Gasteiger partial charge in [0.15, 0.2) is 0 Å². The lowest BCUT2D eigenvalue weighted by Crippen LogP contribution is -2.55. The fraction of sp³-hybridized carbons (Fsp3) is 0.533. The van der Waals surface area contributed by atoms with Crippen molar-refractivity contribution < 1.29 is 9.47 Å². The van der Waals surface area contributed by atoms with Gasteiger partial charge in [-0.2, -0.15) is 4.68 Å². The fourth-order valence-electron chi connectivity index (χ4n) is 3.18. The van der Waals surface area contributed by atoms with E-state index >= 15 is 0 Å². The van der Waals surface area contributed by atoms with Gasteiger partial charge in [0.1, 0.15) is 0 Å². The van der Waals surface area contributed by atoms with Gasteiger partial charge in [-0.1, -0.05) is 23.3 Å². The van der Waals surface area contributed by atoms with E-state index in [1.807, 2.05) is 30.3 Å². The van der Waals surface area contributed by atoms with Gasteiger partial charge in [0.2, 0.25) is 0 Å². The molecule has 2 saturated heterocycles. The third-order valence-corrected chi connectivity index (χ3v) is 4.39. The van der Waals surface area contributed by atoms with Crippen LogP contribution in [0.2, 0.25) is 0 Å². The Kier molecular flexibility index (Phi) is 3.51. The minimum Gasteiger partial charge on any atom is -0.381 e. The van der Waals surface area contributed by atoms with Gasteiger partial charge in [0.05, 0.1) is 24.4 Å². The molecule has 0 N–H and O–H groups in total. The highest BCUT2D eigenvalue weighted by atomic mass is 16.5. The monoisotopic (exact) mass is 301 g/mol. The lowest BCUT2D eigenvalue weighted by molar-refractivity contribution is -0.116. The van der Waals surface area contributed by atoms with Crippen LogP contribution in [0.3, 0.4) is 0 Å². The first-order chi connectivity index (χ1) is 10.9. The minimum atomic E-state index is -0.121. The van der Waals surface area contributed by atoms with Crippen LogP contribution in [0.4, 0.5) is 5.95 Å². The number of rotatable bonds is 2. The highest BCUT2D eigenvalue weighted by molar-refractivity contribution is 5.41. The van der Waals surface area contributed by atoms with Gasteiger partial charge in [-0.3, -0.25) is 0 Å². The number of aromatic nitrogens is 4. The average Bonchev–Trinajstić information content (AvgIpc) is 3.06. The number of morpholine rings is 1. The number of anilines is 1. The van der Waals surface area contributed by atoms with Crippen LogP contribution in [0.1, 0.15) is 12.8 Å². The van der Waals surface area contributed by atoms with Crippen molar-refractivity contribution in [2.24, 2.45) is 0 Å². The molecule has 22 heavy (non-hydrogen) atoms. The summed E-state index contributed by atoms with van der Waals surface area (Å²) in [5, 5.41) is 12.2. The van der Waals surface area contributed by atoms with Crippen LogP contribution in [0.5, 0.6) is 0 Å². The van der Waals surface area contributed by atoms with Gasteiger partial charge in [-0.05, 0) is 22.6 Å². The summed E-state index contributed by atoms with van der Waals surface area (Å²) in [5.41, 5.74) is 0.847. The first kappa shape index (κ1) is 13.7. The van der Waals surface area contributed by atoms with Gasteiger partial charge in [-0.15, -0.1) is 0 Å². The topological polar surface area (TPSA) is 65.3 Å². The maximum Gasteiger partial charge on any atom is 0.250 e. The van der Waals surface area contributed by atoms with E-state index in [2.05, 4.69) is 20.4 Å². The molecule has 1 spiro atoms. The summed E-state index contributed by atoms with van der Waals surface area (Å²) in [5.74, 6) is 0.778. The molecule has 3 heterocycles. The molecule has 1 aromatic carbocycles. The van der Waals surface area contributed by atoms with Crippen LogP contribution in [-0.4, -0.2) is 58.7 Å². The molecule has 2 fully saturated rings. The Balaban J connectivity index is 1.61. The van der Waals surface area contributed by atoms with Gasteiger partial charge in [0.25, 0.3) is 5.95 Å². The molecule has 0 radical (unpaired) electrons. The largest absolute Gasteiger partial charge is 0.381 e. The van der Waals surface area contributed by atoms with Crippen LogP contribution in [0.25, 0.3) is 5.69 Å². The molecule has 0 aliphatic carbocycles. The molecule has 7 heteroatoms. The van der Waals surface area contributed by atoms with Gasteiger partial charge >= 0.3 is 0 Å². The van der Waals surface area contributed by atoms with Crippen LogP contribution < -0.4 is 4.90 Å². The highest BCUT2D eigenvalue weighted by Crippen LogP contribution is 2.31. The van der Waals surface area contributed by atoms with Crippen LogP contribution in [0, 0.1) is 0 Å². The minimum absolute atomic E-state index is 0.121. The standard InChI is InChI=1S/C15H19N5O2/c1-2-4-13(5-3-1)20-14(16-17-18-20)19-8-11-22-15(12-19)6-9-21-10-7-15/h1-5H,6-12H2. The molecule has 0 atom stereocenters. The molecular weight excluding hydrogens is 282 g/mol. The zero-order valence-corrected chi connectivity index (χ0v) is 12.4. The zero-order valence-electron chi connectivity index (χ0n) is 12.4. The first-order valence-electron chi connectivity index (χ1n) is 7.67. The maximum absolute atomic E-state index is 6.08. The number of nitrogens with zero attached hydrogens (tertiary/aromatic N) is 5. The van der Waals surface area contributed by atoms with E-state index in [0.717, 1.165) is 50.8 Å². The SMILES string of the molecule is c1ccc(-n2nnnc2N2CCOC3(CCOCC3)C2)cc1. The number of ether oxygens (including phenoxy) is 2. The van der Waals surface area contributed by atoms with Crippen molar-refractivity contribution in [3.05, 3.63) is 30.3 Å². The van der Waals surface area contributed by atoms with Crippen molar-refractivity contribution in [1.82, 2.24) is 20.2 Å². The first-order valence-corrected chi connectivity index (χ1v) is 7.67. The second kappa shape index (κ2) is 5.66. The van der Waals surface area contributed by atoms with E-state index in [0.29, 0.717) is 6.61 Å². The lowest BCUT2D eigenvalue weighted by Gasteiger charge is -2.44. The van der Waals surface area contributed by atoms with Crippen molar-refractivity contribution in [1.29, 1.82) is 0 Å². The normalized spacial score (nSPS) is 21.2. The highest BCUT2D eigenvalue weighted by Gasteiger charge is 2.39. The fourth-order valence-corrected chi connectivity index (χ4v) is 3.18. The Morgan fingerprint density at radius 1 is 1.05 bits per heavy atom. The smallest absolute Gasteiger partial charge is 0.250 e. The summed E-state index contributed by atoms with van der Waals surface area (Å²) in [6.45, 7) is 3.83. The maximum atomic E-state index is 6.08. The van der Waals surface area contributed by atoms with Crippen LogP contribution in [0.15, 0.2) is 30.3 Å². The number of tetrazole rings is 1. The average molecular weight is 301 g/mol. The summed E-state index contributed by atoms with van der Waals surface area (Å²) in [4.78, 5) is 2.22. The summed E-state index contributed by atoms with van der Waals surface area (Å²) >= 11 is 0. The Labute approximate surface area is 128 Å². The predicted molar refractivity (Wildman–Crippen MR) is 80.1 cm³/mol. The Bertz CT molecular complexity index is 618. The van der Waals surface area contributed by atoms with Gasteiger partial charge in [0, 0.05) is 32.6 Å². The number of hydrogen-bond acceptors (Lipinski definition) is 6. The third-order valence-electron chi connectivity index (χ3n) is 4.39. The quantitative estimate of drug-likeness (QED) is 0.826. The van der Waals surface area contributed by atoms with Crippen molar-refractivity contribution in [3.8, 4) is 5.69 Å². The molecule has 2 aromatic rings. The number of hydrogen-bond donors (Lipinski definition) is 0. The molecule has 0 amide bonds. The van der Waals surface area contributed by atoms with Crippen LogP contribution in [-0.2, 0) is 9.47 Å². The Morgan fingerprint density at radius 2 is 1.86 bits per heavy atom. The molecule has 0 unspecified atom stereocenters. The molecule has 1 aromatic heterocycles. The van der Waals surface area contributed by atoms with Gasteiger partial charge in [-0.25, -0.2) is 0 Å². The second-order valence-corrected chi connectivity index (χ2v) is 5.79. The van der Waals surface area contributed by atoms with Gasteiger partial charge < -0.3 is 14.4 Å². The Morgan fingerprint density at radius 3 is 2.68 bits per heavy atom. The molecule has 2 aliphatic rings. The van der Waals surface area contributed by atoms with Crippen molar-refractivity contribution in [3.63, 3.8) is 0 Å². The number of para-hydroxylation sites is 1. The number of benzene rings is 1. The van der Waals surface area contributed by atoms with Crippen molar-refractivity contribution >= 4 is 5.95 Å². The second-order valence-electron chi connectivity index (χ2n) is 5.79.